The molecule has 4 rings (SSSR count). The van der Waals surface area contributed by atoms with Gasteiger partial charge in [0.25, 0.3) is 0 Å². The van der Waals surface area contributed by atoms with Crippen LogP contribution < -0.4 is 0 Å². The lowest BCUT2D eigenvalue weighted by Crippen LogP contribution is -1.80. The fraction of sp³-hybridized carbons (Fsp3) is 0.188. The molecule has 0 aliphatic heterocycles. The van der Waals surface area contributed by atoms with Gasteiger partial charge in [-0.3, -0.25) is 0 Å². The second-order valence-electron chi connectivity index (χ2n) is 4.43. The number of nitrogens with zero attached hydrogens (tertiary/aromatic N) is 1. The van der Waals surface area contributed by atoms with Crippen molar-refractivity contribution in [2.24, 2.45) is 0 Å². The smallest absolute Gasteiger partial charge is 0.0709 e. The number of hydrogen-bond acceptors (Lipinski definition) is 1. The first kappa shape index (κ1) is 10.3. The predicted molar refractivity (Wildman–Crippen MR) is 73.1 cm³/mol. The van der Waals surface area contributed by atoms with E-state index in [1.807, 2.05) is 36.4 Å². The van der Waals surface area contributed by atoms with Crippen molar-refractivity contribution < 1.29 is 0 Å². The molecule has 0 atom stereocenters. The molecule has 1 nitrogen and oxygen atoms in total. The van der Waals surface area contributed by atoms with Gasteiger partial charge in [-0.15, -0.1) is 0 Å². The molecule has 0 unspecified atom stereocenters. The van der Waals surface area contributed by atoms with Crippen LogP contribution in [0.5, 0.6) is 0 Å². The Labute approximate surface area is 101 Å². The van der Waals surface area contributed by atoms with Gasteiger partial charge in [-0.25, -0.2) is 4.98 Å². The zero-order chi connectivity index (χ0) is 11.5. The predicted octanol–water partition coefficient (Wildman–Crippen LogP) is 4.56. The Kier molecular flexibility index (Phi) is 2.74. The number of fused-ring (bicyclic) bond motifs is 2. The summed E-state index contributed by atoms with van der Waals surface area (Å²) in [5.74, 6) is 0. The van der Waals surface area contributed by atoms with Gasteiger partial charge in [-0.1, -0.05) is 55.7 Å². The van der Waals surface area contributed by atoms with Crippen LogP contribution in [0.1, 0.15) is 19.3 Å². The third-order valence-electron chi connectivity index (χ3n) is 2.78. The second-order valence-corrected chi connectivity index (χ2v) is 4.43. The number of aromatic nitrogens is 1. The summed E-state index contributed by atoms with van der Waals surface area (Å²) in [6.07, 6.45) is 4.50. The van der Waals surface area contributed by atoms with Gasteiger partial charge in [0, 0.05) is 10.8 Å². The molecule has 0 amide bonds. The summed E-state index contributed by atoms with van der Waals surface area (Å²) < 4.78 is 0. The van der Waals surface area contributed by atoms with Crippen LogP contribution >= 0.6 is 0 Å². The lowest BCUT2D eigenvalue weighted by atomic mass is 10.1. The van der Waals surface area contributed by atoms with Gasteiger partial charge in [-0.05, 0) is 18.2 Å². The lowest BCUT2D eigenvalue weighted by molar-refractivity contribution is 1.50. The van der Waals surface area contributed by atoms with Crippen molar-refractivity contribution in [3.05, 3.63) is 54.6 Å². The van der Waals surface area contributed by atoms with Gasteiger partial charge in [0.1, 0.15) is 0 Å². The number of para-hydroxylation sites is 2. The molecular weight excluding hydrogens is 206 g/mol. The minimum absolute atomic E-state index is 1.06. The van der Waals surface area contributed by atoms with E-state index in [0.717, 1.165) is 11.0 Å². The van der Waals surface area contributed by atoms with E-state index in [-0.39, 0.29) is 0 Å². The molecule has 17 heavy (non-hydrogen) atoms. The van der Waals surface area contributed by atoms with E-state index < -0.39 is 0 Å². The summed E-state index contributed by atoms with van der Waals surface area (Å²) in [6, 6.07) is 18.6. The molecule has 1 fully saturated rings. The van der Waals surface area contributed by atoms with E-state index in [4.69, 9.17) is 0 Å². The van der Waals surface area contributed by atoms with E-state index in [2.05, 4.69) is 23.2 Å². The quantitative estimate of drug-likeness (QED) is 0.507. The van der Waals surface area contributed by atoms with Crippen molar-refractivity contribution >= 4 is 21.8 Å². The van der Waals surface area contributed by atoms with E-state index in [1.54, 1.807) is 0 Å². The maximum absolute atomic E-state index is 4.58. The summed E-state index contributed by atoms with van der Waals surface area (Å²) in [7, 11) is 0. The van der Waals surface area contributed by atoms with E-state index in [0.29, 0.717) is 0 Å². The van der Waals surface area contributed by atoms with Gasteiger partial charge in [0.15, 0.2) is 0 Å². The normalized spacial score (nSPS) is 13.2. The topological polar surface area (TPSA) is 12.9 Å². The molecular formula is C16H15N. The van der Waals surface area contributed by atoms with Crippen LogP contribution in [-0.2, 0) is 0 Å². The largest absolute Gasteiger partial charge is 0.248 e. The molecule has 1 aliphatic carbocycles. The Morgan fingerprint density at radius 1 is 0.647 bits per heavy atom. The molecule has 2 aromatic carbocycles. The van der Waals surface area contributed by atoms with Crippen molar-refractivity contribution in [3.8, 4) is 0 Å². The Morgan fingerprint density at radius 3 is 1.59 bits per heavy atom. The maximum atomic E-state index is 4.58. The molecule has 84 valence electrons. The molecule has 0 spiro atoms. The first-order chi connectivity index (χ1) is 8.43. The fourth-order valence-electron chi connectivity index (χ4n) is 1.72. The lowest BCUT2D eigenvalue weighted by Gasteiger charge is -1.99. The van der Waals surface area contributed by atoms with Crippen LogP contribution in [0.25, 0.3) is 21.8 Å². The summed E-state index contributed by atoms with van der Waals surface area (Å²) in [6.45, 7) is 0. The average Bonchev–Trinajstić information content (AvgIpc) is 3.24. The van der Waals surface area contributed by atoms with Crippen molar-refractivity contribution in [2.75, 3.05) is 0 Å². The van der Waals surface area contributed by atoms with Crippen molar-refractivity contribution in [3.63, 3.8) is 0 Å². The van der Waals surface area contributed by atoms with Gasteiger partial charge in [0.05, 0.1) is 11.0 Å². The van der Waals surface area contributed by atoms with Crippen LogP contribution in [-0.4, -0.2) is 4.98 Å². The Morgan fingerprint density at radius 2 is 1.12 bits per heavy atom. The van der Waals surface area contributed by atoms with Crippen LogP contribution in [0.4, 0.5) is 0 Å². The number of pyridine rings is 1. The fourth-order valence-corrected chi connectivity index (χ4v) is 1.72. The monoisotopic (exact) mass is 221 g/mol. The molecule has 1 aromatic heterocycles. The molecule has 0 bridgehead atoms. The summed E-state index contributed by atoms with van der Waals surface area (Å²) in [5, 5.41) is 2.40. The van der Waals surface area contributed by atoms with E-state index >= 15 is 0 Å². The van der Waals surface area contributed by atoms with Gasteiger partial charge < -0.3 is 0 Å². The Bertz CT molecular complexity index is 533. The number of benzene rings is 2. The first-order valence-corrected chi connectivity index (χ1v) is 6.18. The molecule has 0 radical (unpaired) electrons. The SMILES string of the molecule is C1CC1.c1ccc2nc3ccccc3cc2c1. The highest BCUT2D eigenvalue weighted by atomic mass is 14.7. The number of rotatable bonds is 0. The molecule has 1 aliphatic rings. The van der Waals surface area contributed by atoms with Crippen molar-refractivity contribution in [1.82, 2.24) is 4.98 Å². The standard InChI is InChI=1S/C13H9N.C3H6/c1-3-7-12-10(5-1)9-11-6-2-4-8-13(11)14-12;1-2-3-1/h1-9H;1-3H2. The number of hydrogen-bond donors (Lipinski definition) is 0. The van der Waals surface area contributed by atoms with Crippen LogP contribution in [0, 0.1) is 0 Å². The van der Waals surface area contributed by atoms with Crippen LogP contribution in [0.15, 0.2) is 54.6 Å². The highest BCUT2D eigenvalue weighted by molar-refractivity contribution is 5.92. The minimum atomic E-state index is 1.06. The molecule has 3 aromatic rings. The van der Waals surface area contributed by atoms with Crippen molar-refractivity contribution in [1.29, 1.82) is 0 Å². The van der Waals surface area contributed by atoms with Crippen molar-refractivity contribution in [2.45, 2.75) is 19.3 Å². The molecule has 0 N–H and O–H groups in total. The van der Waals surface area contributed by atoms with Gasteiger partial charge in [-0.2, -0.15) is 0 Å². The molecule has 1 saturated carbocycles. The maximum Gasteiger partial charge on any atom is 0.0709 e. The Balaban J connectivity index is 0.000000264. The molecule has 1 heteroatoms. The van der Waals surface area contributed by atoms with E-state index in [9.17, 15) is 0 Å². The third kappa shape index (κ3) is 2.44. The zero-order valence-electron chi connectivity index (χ0n) is 9.76. The highest BCUT2D eigenvalue weighted by Gasteiger charge is 1.96. The first-order valence-electron chi connectivity index (χ1n) is 6.18. The minimum Gasteiger partial charge on any atom is -0.248 e. The van der Waals surface area contributed by atoms with E-state index in [1.165, 1.54) is 30.0 Å². The van der Waals surface area contributed by atoms with Crippen LogP contribution in [0.2, 0.25) is 0 Å². The Hall–Kier alpha value is -1.89. The second kappa shape index (κ2) is 4.54. The molecule has 1 heterocycles. The molecule has 0 saturated heterocycles. The summed E-state index contributed by atoms with van der Waals surface area (Å²) in [5.41, 5.74) is 2.12. The highest BCUT2D eigenvalue weighted by Crippen LogP contribution is 2.18. The van der Waals surface area contributed by atoms with Gasteiger partial charge in [0.2, 0.25) is 0 Å². The average molecular weight is 221 g/mol. The van der Waals surface area contributed by atoms with Gasteiger partial charge >= 0.3 is 0 Å². The zero-order valence-corrected chi connectivity index (χ0v) is 9.76. The third-order valence-corrected chi connectivity index (χ3v) is 2.78. The summed E-state index contributed by atoms with van der Waals surface area (Å²) >= 11 is 0. The summed E-state index contributed by atoms with van der Waals surface area (Å²) in [4.78, 5) is 4.58. The van der Waals surface area contributed by atoms with Crippen LogP contribution in [0.3, 0.4) is 0 Å².